The van der Waals surface area contributed by atoms with Gasteiger partial charge in [-0.15, -0.1) is 10.2 Å². The maximum Gasteiger partial charge on any atom is 0.276 e. The maximum absolute atomic E-state index is 12.2. The van der Waals surface area contributed by atoms with Gasteiger partial charge in [0.15, 0.2) is 5.69 Å². The van der Waals surface area contributed by atoms with E-state index in [0.29, 0.717) is 28.6 Å². The first-order valence-corrected chi connectivity index (χ1v) is 8.65. The summed E-state index contributed by atoms with van der Waals surface area (Å²) in [6.07, 6.45) is 0.819. The van der Waals surface area contributed by atoms with Gasteiger partial charge in [0, 0.05) is 17.3 Å². The van der Waals surface area contributed by atoms with Crippen LogP contribution in [0, 0.1) is 11.3 Å². The van der Waals surface area contributed by atoms with Gasteiger partial charge in [0.2, 0.25) is 0 Å². The molecule has 134 valence electrons. The molecule has 0 atom stereocenters. The predicted molar refractivity (Wildman–Crippen MR) is 105 cm³/mol. The number of rotatable bonds is 6. The first-order chi connectivity index (χ1) is 13.1. The van der Waals surface area contributed by atoms with Crippen molar-refractivity contribution in [1.29, 1.82) is 5.26 Å². The number of hydrogen-bond donors (Lipinski definition) is 2. The molecule has 0 fully saturated rings. The van der Waals surface area contributed by atoms with E-state index in [9.17, 15) is 4.79 Å². The lowest BCUT2D eigenvalue weighted by molar-refractivity contribution is 0.102. The maximum atomic E-state index is 12.2. The van der Waals surface area contributed by atoms with E-state index < -0.39 is 0 Å². The van der Waals surface area contributed by atoms with Crippen LogP contribution >= 0.6 is 11.6 Å². The van der Waals surface area contributed by atoms with Crippen molar-refractivity contribution in [2.24, 2.45) is 0 Å². The Labute approximate surface area is 161 Å². The summed E-state index contributed by atoms with van der Waals surface area (Å²) in [6.45, 7) is 0.688. The van der Waals surface area contributed by atoms with Gasteiger partial charge in [0.1, 0.15) is 5.82 Å². The molecule has 27 heavy (non-hydrogen) atoms. The number of halogens is 1. The Hall–Kier alpha value is -3.43. The highest BCUT2D eigenvalue weighted by Crippen LogP contribution is 2.12. The number of carbonyl (C=O) groups excluding carboxylic acids is 1. The third kappa shape index (κ3) is 5.27. The number of nitrogens with one attached hydrogen (secondary N) is 2. The lowest BCUT2D eigenvalue weighted by atomic mass is 10.1. The molecule has 0 bridgehead atoms. The van der Waals surface area contributed by atoms with E-state index >= 15 is 0 Å². The molecule has 0 saturated carbocycles. The van der Waals surface area contributed by atoms with Crippen molar-refractivity contribution >= 4 is 29.0 Å². The highest BCUT2D eigenvalue weighted by molar-refractivity contribution is 6.30. The van der Waals surface area contributed by atoms with E-state index in [1.807, 2.05) is 30.3 Å². The molecule has 1 amide bonds. The van der Waals surface area contributed by atoms with Crippen molar-refractivity contribution in [2.45, 2.75) is 6.42 Å². The highest BCUT2D eigenvalue weighted by atomic mass is 35.5. The zero-order chi connectivity index (χ0) is 19.1. The molecule has 0 aliphatic rings. The molecule has 0 saturated heterocycles. The molecule has 3 rings (SSSR count). The van der Waals surface area contributed by atoms with Crippen molar-refractivity contribution in [3.63, 3.8) is 0 Å². The van der Waals surface area contributed by atoms with Gasteiger partial charge in [-0.25, -0.2) is 0 Å². The fourth-order valence-corrected chi connectivity index (χ4v) is 2.48. The van der Waals surface area contributed by atoms with Gasteiger partial charge in [-0.3, -0.25) is 4.79 Å². The summed E-state index contributed by atoms with van der Waals surface area (Å²) in [7, 11) is 0. The van der Waals surface area contributed by atoms with E-state index in [-0.39, 0.29) is 11.6 Å². The van der Waals surface area contributed by atoms with Crippen molar-refractivity contribution in [3.8, 4) is 6.07 Å². The molecule has 2 N–H and O–H groups in total. The molecule has 0 aliphatic heterocycles. The van der Waals surface area contributed by atoms with Crippen LogP contribution in [0.2, 0.25) is 5.02 Å². The molecule has 1 aromatic heterocycles. The lowest BCUT2D eigenvalue weighted by Crippen LogP contribution is -2.15. The Balaban J connectivity index is 1.52. The second-order valence-corrected chi connectivity index (χ2v) is 6.19. The zero-order valence-corrected chi connectivity index (χ0v) is 15.1. The molecule has 0 radical (unpaired) electrons. The highest BCUT2D eigenvalue weighted by Gasteiger charge is 2.08. The summed E-state index contributed by atoms with van der Waals surface area (Å²) >= 11 is 5.87. The molecular weight excluding hydrogens is 362 g/mol. The van der Waals surface area contributed by atoms with Gasteiger partial charge in [0.05, 0.1) is 11.6 Å². The molecule has 0 aliphatic carbocycles. The number of benzene rings is 2. The average molecular weight is 378 g/mol. The topological polar surface area (TPSA) is 90.7 Å². The van der Waals surface area contributed by atoms with Crippen LogP contribution in [0.3, 0.4) is 0 Å². The van der Waals surface area contributed by atoms with Crippen molar-refractivity contribution in [2.75, 3.05) is 17.2 Å². The number of carbonyl (C=O) groups is 1. The van der Waals surface area contributed by atoms with Gasteiger partial charge in [-0.2, -0.15) is 5.26 Å². The van der Waals surface area contributed by atoms with Crippen LogP contribution in [-0.2, 0) is 6.42 Å². The average Bonchev–Trinajstić information content (AvgIpc) is 2.70. The summed E-state index contributed by atoms with van der Waals surface area (Å²) in [6, 6.07) is 19.6. The van der Waals surface area contributed by atoms with Crippen molar-refractivity contribution in [3.05, 3.63) is 82.5 Å². The summed E-state index contributed by atoms with van der Waals surface area (Å²) < 4.78 is 0. The van der Waals surface area contributed by atoms with Crippen LogP contribution < -0.4 is 10.6 Å². The van der Waals surface area contributed by atoms with Gasteiger partial charge in [0.25, 0.3) is 5.91 Å². The minimum atomic E-state index is -0.361. The van der Waals surface area contributed by atoms with Gasteiger partial charge < -0.3 is 10.6 Å². The smallest absolute Gasteiger partial charge is 0.276 e. The molecule has 0 spiro atoms. The van der Waals surface area contributed by atoms with Crippen LogP contribution in [-0.4, -0.2) is 22.6 Å². The van der Waals surface area contributed by atoms with Gasteiger partial charge in [-0.05, 0) is 60.5 Å². The Morgan fingerprint density at radius 1 is 1.00 bits per heavy atom. The lowest BCUT2D eigenvalue weighted by Gasteiger charge is -2.07. The number of nitrogens with zero attached hydrogens (tertiary/aromatic N) is 3. The molecular formula is C20H16ClN5O. The van der Waals surface area contributed by atoms with Crippen molar-refractivity contribution < 1.29 is 4.79 Å². The zero-order valence-electron chi connectivity index (χ0n) is 14.3. The molecule has 7 heteroatoms. The fraction of sp³-hybridized carbons (Fsp3) is 0.100. The monoisotopic (exact) mass is 377 g/mol. The van der Waals surface area contributed by atoms with E-state index in [1.165, 1.54) is 5.56 Å². The first kappa shape index (κ1) is 18.4. The number of amides is 1. The van der Waals surface area contributed by atoms with E-state index in [0.717, 1.165) is 6.42 Å². The minimum Gasteiger partial charge on any atom is -0.368 e. The second-order valence-electron chi connectivity index (χ2n) is 5.75. The third-order valence-electron chi connectivity index (χ3n) is 3.80. The van der Waals surface area contributed by atoms with E-state index in [4.69, 9.17) is 16.9 Å². The van der Waals surface area contributed by atoms with Gasteiger partial charge in [-0.1, -0.05) is 23.7 Å². The Bertz CT molecular complexity index is 948. The third-order valence-corrected chi connectivity index (χ3v) is 4.05. The fourth-order valence-electron chi connectivity index (χ4n) is 2.36. The normalized spacial score (nSPS) is 10.1. The number of nitriles is 1. The molecule has 3 aromatic rings. The number of anilines is 2. The summed E-state index contributed by atoms with van der Waals surface area (Å²) in [5, 5.41) is 23.4. The SMILES string of the molecule is N#Cc1ccc(NC(=O)c2ccc(NCCc3ccc(Cl)cc3)nn2)cc1. The van der Waals surface area contributed by atoms with Crippen LogP contribution in [0.5, 0.6) is 0 Å². The van der Waals surface area contributed by atoms with Crippen LogP contribution in [0.25, 0.3) is 0 Å². The van der Waals surface area contributed by atoms with Gasteiger partial charge >= 0.3 is 0 Å². The Kier molecular flexibility index (Phi) is 5.98. The molecule has 1 heterocycles. The molecule has 6 nitrogen and oxygen atoms in total. The quantitative estimate of drug-likeness (QED) is 0.679. The molecule has 2 aromatic carbocycles. The standard InChI is InChI=1S/C20H16ClN5O/c21-16-5-1-14(2-6-16)11-12-23-19-10-9-18(25-26-19)20(27)24-17-7-3-15(13-22)4-8-17/h1-10H,11-12H2,(H,23,26)(H,24,27). The summed E-state index contributed by atoms with van der Waals surface area (Å²) in [5.74, 6) is 0.235. The first-order valence-electron chi connectivity index (χ1n) is 8.27. The Morgan fingerprint density at radius 3 is 2.37 bits per heavy atom. The van der Waals surface area contributed by atoms with Crippen LogP contribution in [0.15, 0.2) is 60.7 Å². The van der Waals surface area contributed by atoms with Crippen LogP contribution in [0.4, 0.5) is 11.5 Å². The van der Waals surface area contributed by atoms with Crippen LogP contribution in [0.1, 0.15) is 21.6 Å². The van der Waals surface area contributed by atoms with Crippen molar-refractivity contribution in [1.82, 2.24) is 10.2 Å². The molecule has 0 unspecified atom stereocenters. The minimum absolute atomic E-state index is 0.211. The predicted octanol–water partition coefficient (Wildman–Crippen LogP) is 3.91. The Morgan fingerprint density at radius 2 is 1.74 bits per heavy atom. The summed E-state index contributed by atoms with van der Waals surface area (Å²) in [4.78, 5) is 12.2. The largest absolute Gasteiger partial charge is 0.368 e. The van der Waals surface area contributed by atoms with E-state index in [1.54, 1.807) is 36.4 Å². The number of hydrogen-bond acceptors (Lipinski definition) is 5. The number of aromatic nitrogens is 2. The summed E-state index contributed by atoms with van der Waals surface area (Å²) in [5.41, 5.74) is 2.49. The second kappa shape index (κ2) is 8.79. The van der Waals surface area contributed by atoms with E-state index in [2.05, 4.69) is 20.8 Å².